The normalized spacial score (nSPS) is 14.8. The van der Waals surface area contributed by atoms with E-state index in [-0.39, 0.29) is 22.7 Å². The van der Waals surface area contributed by atoms with Crippen molar-refractivity contribution in [1.29, 1.82) is 5.41 Å². The molecule has 11 nitrogen and oxygen atoms in total. The lowest BCUT2D eigenvalue weighted by atomic mass is 10.1. The number of carbonyl (C=O) groups excluding carboxylic acids is 1. The van der Waals surface area contributed by atoms with E-state index in [1.807, 2.05) is 0 Å². The second-order valence-electron chi connectivity index (χ2n) is 6.38. The second-order valence-corrected chi connectivity index (χ2v) is 7.36. The highest BCUT2D eigenvalue weighted by molar-refractivity contribution is 7.19. The number of rotatable bonds is 8. The first-order valence-corrected chi connectivity index (χ1v) is 9.97. The van der Waals surface area contributed by atoms with Crippen LogP contribution in [0.15, 0.2) is 27.1 Å². The van der Waals surface area contributed by atoms with Crippen molar-refractivity contribution < 1.29 is 18.7 Å². The lowest BCUT2D eigenvalue weighted by Crippen LogP contribution is -2.29. The van der Waals surface area contributed by atoms with Gasteiger partial charge < -0.3 is 29.9 Å². The summed E-state index contributed by atoms with van der Waals surface area (Å²) in [7, 11) is 1.37. The number of ether oxygens (including phenoxy) is 2. The number of nitrogens with one attached hydrogen (secondary N) is 4. The van der Waals surface area contributed by atoms with Gasteiger partial charge in [-0.25, -0.2) is 4.79 Å². The number of nitrogens with zero attached hydrogens (tertiary/aromatic N) is 2. The van der Waals surface area contributed by atoms with E-state index in [1.54, 1.807) is 13.0 Å². The standard InChI is InChI=1S/C18H22N6O5S/c1-10(3-6-19)20-17-23-24-18(30-17)22-15(25)13-9-12(14(27-2)16(26)29-13)21-11-4-7-28-8-5-11/h3,6,9,11,19,21H,4-5,7-8H2,1-2H3,(H,20,23)(H,22,24,25)/b10-3-,19-6?. The maximum Gasteiger partial charge on any atom is 0.381 e. The number of methoxy groups -OCH3 is 1. The molecule has 0 bridgehead atoms. The van der Waals surface area contributed by atoms with Gasteiger partial charge in [-0.3, -0.25) is 10.1 Å². The van der Waals surface area contributed by atoms with E-state index >= 15 is 0 Å². The minimum Gasteiger partial charge on any atom is -0.488 e. The highest BCUT2D eigenvalue weighted by Gasteiger charge is 2.21. The predicted octanol–water partition coefficient (Wildman–Crippen LogP) is 2.31. The number of amides is 1. The van der Waals surface area contributed by atoms with E-state index < -0.39 is 11.5 Å². The van der Waals surface area contributed by atoms with Crippen molar-refractivity contribution in [3.63, 3.8) is 0 Å². The van der Waals surface area contributed by atoms with Gasteiger partial charge in [-0.1, -0.05) is 11.3 Å². The molecule has 12 heteroatoms. The maximum absolute atomic E-state index is 12.6. The fraction of sp³-hybridized carbons (Fsp3) is 0.389. The summed E-state index contributed by atoms with van der Waals surface area (Å²) >= 11 is 1.10. The number of hydrogen-bond donors (Lipinski definition) is 4. The molecule has 0 saturated carbocycles. The summed E-state index contributed by atoms with van der Waals surface area (Å²) in [6.07, 6.45) is 4.25. The summed E-state index contributed by atoms with van der Waals surface area (Å²) < 4.78 is 15.6. The molecule has 2 aromatic heterocycles. The summed E-state index contributed by atoms with van der Waals surface area (Å²) in [4.78, 5) is 24.9. The van der Waals surface area contributed by atoms with Crippen LogP contribution in [0.2, 0.25) is 0 Å². The van der Waals surface area contributed by atoms with E-state index in [1.165, 1.54) is 13.2 Å². The number of aromatic nitrogens is 2. The molecular formula is C18H22N6O5S. The molecule has 30 heavy (non-hydrogen) atoms. The molecule has 1 aliphatic heterocycles. The first-order chi connectivity index (χ1) is 14.5. The molecule has 1 fully saturated rings. The molecule has 0 unspecified atom stereocenters. The molecule has 0 aliphatic carbocycles. The summed E-state index contributed by atoms with van der Waals surface area (Å²) in [6.45, 7) is 3.01. The van der Waals surface area contributed by atoms with Crippen LogP contribution in [0.5, 0.6) is 5.75 Å². The molecule has 0 aromatic carbocycles. The highest BCUT2D eigenvalue weighted by atomic mass is 32.1. The van der Waals surface area contributed by atoms with Gasteiger partial charge >= 0.3 is 5.63 Å². The summed E-state index contributed by atoms with van der Waals surface area (Å²) in [5.74, 6) is -0.812. The Morgan fingerprint density at radius 3 is 2.67 bits per heavy atom. The van der Waals surface area contributed by atoms with Crippen LogP contribution in [0.1, 0.15) is 30.3 Å². The topological polar surface area (TPSA) is 151 Å². The second kappa shape index (κ2) is 9.98. The fourth-order valence-electron chi connectivity index (χ4n) is 2.77. The predicted molar refractivity (Wildman–Crippen MR) is 113 cm³/mol. The smallest absolute Gasteiger partial charge is 0.381 e. The van der Waals surface area contributed by atoms with Crippen LogP contribution >= 0.6 is 11.3 Å². The van der Waals surface area contributed by atoms with E-state index in [9.17, 15) is 9.59 Å². The minimum absolute atomic E-state index is 0.00824. The largest absolute Gasteiger partial charge is 0.488 e. The van der Waals surface area contributed by atoms with Crippen molar-refractivity contribution in [3.05, 3.63) is 34.0 Å². The van der Waals surface area contributed by atoms with Gasteiger partial charge in [-0.05, 0) is 25.8 Å². The van der Waals surface area contributed by atoms with E-state index in [0.29, 0.717) is 29.7 Å². The van der Waals surface area contributed by atoms with Crippen LogP contribution in [0.25, 0.3) is 0 Å². The Kier molecular flexibility index (Phi) is 7.14. The number of carbonyl (C=O) groups is 1. The third-order valence-electron chi connectivity index (χ3n) is 4.20. The average molecular weight is 434 g/mol. The number of allylic oxidation sites excluding steroid dienone is 2. The van der Waals surface area contributed by atoms with Crippen molar-refractivity contribution in [2.75, 3.05) is 36.3 Å². The summed E-state index contributed by atoms with van der Waals surface area (Å²) in [5.41, 5.74) is 0.327. The van der Waals surface area contributed by atoms with Gasteiger partial charge in [0.1, 0.15) is 0 Å². The molecular weight excluding hydrogens is 412 g/mol. The molecule has 4 N–H and O–H groups in total. The highest BCUT2D eigenvalue weighted by Crippen LogP contribution is 2.26. The van der Waals surface area contributed by atoms with Gasteiger partial charge in [-0.2, -0.15) is 0 Å². The van der Waals surface area contributed by atoms with Crippen LogP contribution in [-0.4, -0.2) is 48.7 Å². The van der Waals surface area contributed by atoms with Gasteiger partial charge in [0, 0.05) is 37.2 Å². The van der Waals surface area contributed by atoms with Crippen LogP contribution in [0.4, 0.5) is 16.0 Å². The quantitative estimate of drug-likeness (QED) is 0.459. The average Bonchev–Trinajstić information content (AvgIpc) is 3.15. The van der Waals surface area contributed by atoms with Crippen LogP contribution < -0.4 is 26.3 Å². The Bertz CT molecular complexity index is 995. The lowest BCUT2D eigenvalue weighted by Gasteiger charge is -2.24. The Hall–Kier alpha value is -3.25. The zero-order valence-corrected chi connectivity index (χ0v) is 17.3. The van der Waals surface area contributed by atoms with Crippen molar-refractivity contribution in [2.24, 2.45) is 0 Å². The van der Waals surface area contributed by atoms with Gasteiger partial charge in [0.15, 0.2) is 5.76 Å². The monoisotopic (exact) mass is 434 g/mol. The fourth-order valence-corrected chi connectivity index (χ4v) is 3.48. The molecule has 3 heterocycles. The lowest BCUT2D eigenvalue weighted by molar-refractivity contribution is 0.0903. The molecule has 160 valence electrons. The number of hydrogen-bond acceptors (Lipinski definition) is 11. The summed E-state index contributed by atoms with van der Waals surface area (Å²) in [6, 6.07) is 1.53. The van der Waals surface area contributed by atoms with Gasteiger partial charge in [0.05, 0.1) is 12.8 Å². The van der Waals surface area contributed by atoms with E-state index in [0.717, 1.165) is 30.4 Å². The van der Waals surface area contributed by atoms with Gasteiger partial charge in [0.25, 0.3) is 5.91 Å². The van der Waals surface area contributed by atoms with Crippen LogP contribution in [0, 0.1) is 5.41 Å². The molecule has 1 saturated heterocycles. The van der Waals surface area contributed by atoms with Crippen molar-refractivity contribution in [2.45, 2.75) is 25.8 Å². The maximum atomic E-state index is 12.6. The van der Waals surface area contributed by atoms with Crippen LogP contribution in [-0.2, 0) is 4.74 Å². The molecule has 1 aliphatic rings. The van der Waals surface area contributed by atoms with E-state index in [4.69, 9.17) is 19.3 Å². The number of anilines is 3. The first kappa shape index (κ1) is 21.5. The Balaban J connectivity index is 1.75. The molecule has 2 aromatic rings. The van der Waals surface area contributed by atoms with Gasteiger partial charge in [0.2, 0.25) is 16.0 Å². The zero-order chi connectivity index (χ0) is 21.5. The van der Waals surface area contributed by atoms with Crippen molar-refractivity contribution in [3.8, 4) is 5.75 Å². The third-order valence-corrected chi connectivity index (χ3v) is 4.95. The first-order valence-electron chi connectivity index (χ1n) is 9.15. The van der Waals surface area contributed by atoms with E-state index in [2.05, 4.69) is 26.1 Å². The van der Waals surface area contributed by atoms with Crippen LogP contribution in [0.3, 0.4) is 0 Å². The van der Waals surface area contributed by atoms with Crippen molar-refractivity contribution >= 4 is 39.4 Å². The Morgan fingerprint density at radius 2 is 2.00 bits per heavy atom. The summed E-state index contributed by atoms with van der Waals surface area (Å²) in [5, 5.41) is 24.3. The molecule has 3 rings (SSSR count). The van der Waals surface area contributed by atoms with Crippen molar-refractivity contribution in [1.82, 2.24) is 10.2 Å². The molecule has 0 atom stereocenters. The SMILES string of the molecule is COc1c(NC2CCOCC2)cc(C(=O)Nc2nnc(N/C(C)=C\C=N)s2)oc1=O. The molecule has 0 radical (unpaired) electrons. The third kappa shape index (κ3) is 5.42. The van der Waals surface area contributed by atoms with Gasteiger partial charge in [-0.15, -0.1) is 10.2 Å². The Morgan fingerprint density at radius 1 is 1.30 bits per heavy atom. The molecule has 0 spiro atoms. The Labute approximate surface area is 176 Å². The minimum atomic E-state index is -0.758. The zero-order valence-electron chi connectivity index (χ0n) is 16.5. The molecule has 1 amide bonds.